The van der Waals surface area contributed by atoms with E-state index in [-0.39, 0.29) is 25.4 Å². The third kappa shape index (κ3) is 5.07. The normalized spacial score (nSPS) is 12.1. The summed E-state index contributed by atoms with van der Waals surface area (Å²) in [6.07, 6.45) is 2.06. The van der Waals surface area contributed by atoms with E-state index in [1.165, 1.54) is 24.4 Å². The van der Waals surface area contributed by atoms with E-state index >= 15 is 0 Å². The van der Waals surface area contributed by atoms with Crippen molar-refractivity contribution in [2.45, 2.75) is 19.1 Å². The van der Waals surface area contributed by atoms with E-state index in [1.807, 2.05) is 0 Å². The third-order valence-electron chi connectivity index (χ3n) is 2.03. The molecule has 0 spiro atoms. The molecule has 1 rings (SSSR count). The molecule has 1 atom stereocenters. The highest BCUT2D eigenvalue weighted by molar-refractivity contribution is 5.75. The van der Waals surface area contributed by atoms with Crippen molar-refractivity contribution in [2.24, 2.45) is 0 Å². The summed E-state index contributed by atoms with van der Waals surface area (Å²) in [5, 5.41) is 14.9. The van der Waals surface area contributed by atoms with Crippen LogP contribution in [0.5, 0.6) is 0 Å². The summed E-state index contributed by atoms with van der Waals surface area (Å²) in [4.78, 5) is 25.6. The van der Waals surface area contributed by atoms with Gasteiger partial charge in [0, 0.05) is 13.7 Å². The maximum Gasteiger partial charge on any atom is 0.306 e. The number of nitrogens with zero attached hydrogens (tertiary/aromatic N) is 3. The summed E-state index contributed by atoms with van der Waals surface area (Å²) >= 11 is 0. The van der Waals surface area contributed by atoms with Crippen molar-refractivity contribution in [2.75, 3.05) is 13.7 Å². The first-order valence-corrected chi connectivity index (χ1v) is 4.95. The van der Waals surface area contributed by atoms with Crippen LogP contribution in [0.2, 0.25) is 0 Å². The van der Waals surface area contributed by atoms with E-state index in [1.54, 1.807) is 0 Å². The molecule has 0 saturated carbocycles. The van der Waals surface area contributed by atoms with Gasteiger partial charge in [0.15, 0.2) is 0 Å². The highest BCUT2D eigenvalue weighted by Crippen LogP contribution is 1.95. The number of ether oxygens (including phenoxy) is 1. The second kappa shape index (κ2) is 6.59. The zero-order chi connectivity index (χ0) is 12.7. The lowest BCUT2D eigenvalue weighted by molar-refractivity contribution is -0.140. The average Bonchev–Trinajstić information content (AvgIpc) is 2.76. The largest absolute Gasteiger partial charge is 0.481 e. The number of amides is 1. The van der Waals surface area contributed by atoms with Crippen LogP contribution in [0.15, 0.2) is 12.7 Å². The van der Waals surface area contributed by atoms with E-state index < -0.39 is 12.1 Å². The van der Waals surface area contributed by atoms with Crippen molar-refractivity contribution in [3.63, 3.8) is 0 Å². The molecule has 1 aromatic rings. The highest BCUT2D eigenvalue weighted by atomic mass is 16.5. The van der Waals surface area contributed by atoms with Crippen LogP contribution < -0.4 is 5.32 Å². The maximum atomic E-state index is 11.4. The fourth-order valence-corrected chi connectivity index (χ4v) is 1.18. The molecule has 0 aliphatic rings. The van der Waals surface area contributed by atoms with Gasteiger partial charge >= 0.3 is 5.97 Å². The van der Waals surface area contributed by atoms with Crippen molar-refractivity contribution in [3.8, 4) is 0 Å². The number of hydrogen-bond acceptors (Lipinski definition) is 5. The Morgan fingerprint density at radius 2 is 2.35 bits per heavy atom. The van der Waals surface area contributed by atoms with Crippen molar-refractivity contribution in [1.29, 1.82) is 0 Å². The Morgan fingerprint density at radius 3 is 2.88 bits per heavy atom. The molecule has 0 radical (unpaired) electrons. The predicted molar refractivity (Wildman–Crippen MR) is 56.1 cm³/mol. The van der Waals surface area contributed by atoms with E-state index in [0.717, 1.165) is 0 Å². The molecule has 8 heteroatoms. The van der Waals surface area contributed by atoms with Crippen molar-refractivity contribution >= 4 is 11.9 Å². The lowest BCUT2D eigenvalue weighted by Crippen LogP contribution is -2.36. The fraction of sp³-hybridized carbons (Fsp3) is 0.556. The molecule has 1 amide bonds. The van der Waals surface area contributed by atoms with E-state index in [0.29, 0.717) is 0 Å². The first-order chi connectivity index (χ1) is 8.11. The number of carbonyl (C=O) groups excluding carboxylic acids is 1. The Bertz CT molecular complexity index is 365. The predicted octanol–water partition coefficient (Wildman–Crippen LogP) is -1.12. The smallest absolute Gasteiger partial charge is 0.306 e. The first kappa shape index (κ1) is 13.1. The Hall–Kier alpha value is -1.96. The van der Waals surface area contributed by atoms with Gasteiger partial charge in [-0.05, 0) is 0 Å². The van der Waals surface area contributed by atoms with Crippen LogP contribution >= 0.6 is 0 Å². The SMILES string of the molecule is COC(CNC(=O)Cn1cncn1)CC(=O)O. The minimum Gasteiger partial charge on any atom is -0.481 e. The lowest BCUT2D eigenvalue weighted by Gasteiger charge is -2.13. The molecule has 0 aromatic carbocycles. The summed E-state index contributed by atoms with van der Waals surface area (Å²) in [6, 6.07) is 0. The molecule has 0 aliphatic heterocycles. The Kier molecular flexibility index (Phi) is 5.08. The van der Waals surface area contributed by atoms with Gasteiger partial charge in [0.05, 0.1) is 12.5 Å². The number of nitrogens with one attached hydrogen (secondary N) is 1. The van der Waals surface area contributed by atoms with E-state index in [9.17, 15) is 9.59 Å². The van der Waals surface area contributed by atoms with Crippen LogP contribution in [0.4, 0.5) is 0 Å². The molecular formula is C9H14N4O4. The van der Waals surface area contributed by atoms with Gasteiger partial charge in [0.25, 0.3) is 0 Å². The number of aromatic nitrogens is 3. The summed E-state index contributed by atoms with van der Waals surface area (Å²) in [7, 11) is 1.40. The molecule has 1 unspecified atom stereocenters. The lowest BCUT2D eigenvalue weighted by atomic mass is 10.2. The van der Waals surface area contributed by atoms with Crippen molar-refractivity contribution < 1.29 is 19.4 Å². The van der Waals surface area contributed by atoms with E-state index in [4.69, 9.17) is 9.84 Å². The number of aliphatic carboxylic acids is 1. The van der Waals surface area contributed by atoms with Crippen LogP contribution in [0.25, 0.3) is 0 Å². The quantitative estimate of drug-likeness (QED) is 0.627. The van der Waals surface area contributed by atoms with Crippen LogP contribution in [0, 0.1) is 0 Å². The van der Waals surface area contributed by atoms with Gasteiger partial charge in [-0.25, -0.2) is 9.67 Å². The molecule has 94 valence electrons. The number of hydrogen-bond donors (Lipinski definition) is 2. The summed E-state index contributed by atoms with van der Waals surface area (Å²) in [5.41, 5.74) is 0. The molecular weight excluding hydrogens is 228 g/mol. The monoisotopic (exact) mass is 242 g/mol. The second-order valence-electron chi connectivity index (χ2n) is 3.35. The third-order valence-corrected chi connectivity index (χ3v) is 2.03. The Labute approximate surface area is 97.6 Å². The summed E-state index contributed by atoms with van der Waals surface area (Å²) in [5.74, 6) is -1.25. The highest BCUT2D eigenvalue weighted by Gasteiger charge is 2.13. The number of rotatable bonds is 7. The Balaban J connectivity index is 2.29. The zero-order valence-corrected chi connectivity index (χ0v) is 9.37. The van der Waals surface area contributed by atoms with Crippen LogP contribution in [0.1, 0.15) is 6.42 Å². The van der Waals surface area contributed by atoms with Crippen molar-refractivity contribution in [1.82, 2.24) is 20.1 Å². The molecule has 2 N–H and O–H groups in total. The van der Waals surface area contributed by atoms with Gasteiger partial charge < -0.3 is 15.2 Å². The average molecular weight is 242 g/mol. The molecule has 0 aliphatic carbocycles. The molecule has 1 heterocycles. The number of carbonyl (C=O) groups is 2. The fourth-order valence-electron chi connectivity index (χ4n) is 1.18. The number of carboxylic acids is 1. The number of carboxylic acid groups (broad SMARTS) is 1. The van der Waals surface area contributed by atoms with Gasteiger partial charge in [-0.3, -0.25) is 9.59 Å². The van der Waals surface area contributed by atoms with Gasteiger partial charge in [-0.2, -0.15) is 5.10 Å². The zero-order valence-electron chi connectivity index (χ0n) is 9.37. The summed E-state index contributed by atoms with van der Waals surface area (Å²) < 4.78 is 6.29. The van der Waals surface area contributed by atoms with Gasteiger partial charge in [-0.15, -0.1) is 0 Å². The molecule has 1 aromatic heterocycles. The molecule has 0 bridgehead atoms. The molecule has 17 heavy (non-hydrogen) atoms. The standard InChI is InChI=1S/C9H14N4O4/c1-17-7(2-9(15)16)3-11-8(14)4-13-6-10-5-12-13/h5-7H,2-4H2,1H3,(H,11,14)(H,15,16). The topological polar surface area (TPSA) is 106 Å². The summed E-state index contributed by atoms with van der Waals surface area (Å²) in [6.45, 7) is 0.194. The van der Waals surface area contributed by atoms with Crippen LogP contribution in [-0.4, -0.2) is 51.5 Å². The molecule has 0 saturated heterocycles. The second-order valence-corrected chi connectivity index (χ2v) is 3.35. The molecule has 8 nitrogen and oxygen atoms in total. The minimum atomic E-state index is -0.970. The minimum absolute atomic E-state index is 0.0451. The number of methoxy groups -OCH3 is 1. The van der Waals surface area contributed by atoms with Gasteiger partial charge in [0.2, 0.25) is 5.91 Å². The van der Waals surface area contributed by atoms with Gasteiger partial charge in [-0.1, -0.05) is 0 Å². The molecule has 0 fully saturated rings. The first-order valence-electron chi connectivity index (χ1n) is 4.95. The van der Waals surface area contributed by atoms with Crippen molar-refractivity contribution in [3.05, 3.63) is 12.7 Å². The van der Waals surface area contributed by atoms with Crippen LogP contribution in [0.3, 0.4) is 0 Å². The van der Waals surface area contributed by atoms with Gasteiger partial charge in [0.1, 0.15) is 19.2 Å². The maximum absolute atomic E-state index is 11.4. The van der Waals surface area contributed by atoms with Crippen LogP contribution in [-0.2, 0) is 20.9 Å². The Morgan fingerprint density at radius 1 is 1.59 bits per heavy atom. The van der Waals surface area contributed by atoms with E-state index in [2.05, 4.69) is 15.4 Å².